The number of hydrogen-bond donors (Lipinski definition) is 3. The van der Waals surface area contributed by atoms with Gasteiger partial charge >= 0.3 is 0 Å². The number of anilines is 3. The van der Waals surface area contributed by atoms with Crippen LogP contribution in [-0.4, -0.2) is 75.1 Å². The van der Waals surface area contributed by atoms with E-state index in [4.69, 9.17) is 9.47 Å². The van der Waals surface area contributed by atoms with Crippen LogP contribution in [0.15, 0.2) is 55.0 Å². The number of rotatable bonds is 12. The van der Waals surface area contributed by atoms with Gasteiger partial charge in [0.25, 0.3) is 11.8 Å². The Morgan fingerprint density at radius 2 is 2.00 bits per heavy atom. The van der Waals surface area contributed by atoms with E-state index in [1.807, 2.05) is 17.2 Å². The molecule has 0 radical (unpaired) electrons. The fourth-order valence-electron chi connectivity index (χ4n) is 5.47. The molecule has 2 unspecified atom stereocenters. The van der Waals surface area contributed by atoms with Gasteiger partial charge in [-0.05, 0) is 37.7 Å². The van der Waals surface area contributed by atoms with E-state index in [0.29, 0.717) is 66.0 Å². The Morgan fingerprint density at radius 3 is 2.70 bits per heavy atom. The number of aryl methyl sites for hydroxylation is 2. The first kappa shape index (κ1) is 30.8. The number of carbonyl (C=O) groups excluding carboxylic acids is 3. The van der Waals surface area contributed by atoms with Gasteiger partial charge < -0.3 is 39.5 Å². The summed E-state index contributed by atoms with van der Waals surface area (Å²) in [6.07, 6.45) is 8.14. The van der Waals surface area contributed by atoms with Crippen LogP contribution in [0, 0.1) is 0 Å². The molecule has 2 aromatic heterocycles. The quantitative estimate of drug-likeness (QED) is 0.152. The third-order valence-electron chi connectivity index (χ3n) is 7.68. The lowest BCUT2D eigenvalue weighted by molar-refractivity contribution is 0.0747. The van der Waals surface area contributed by atoms with E-state index < -0.39 is 5.91 Å². The van der Waals surface area contributed by atoms with E-state index in [0.717, 1.165) is 24.0 Å². The zero-order valence-electron chi connectivity index (χ0n) is 25.3. The molecule has 0 spiro atoms. The van der Waals surface area contributed by atoms with Crippen molar-refractivity contribution >= 4 is 47.1 Å². The fourth-order valence-corrected chi connectivity index (χ4v) is 6.28. The molecule has 2 amide bonds. The first-order valence-corrected chi connectivity index (χ1v) is 15.4. The van der Waals surface area contributed by atoms with Gasteiger partial charge in [-0.2, -0.15) is 0 Å². The number of fused-ring (bicyclic) bond motifs is 2. The lowest BCUT2D eigenvalue weighted by Gasteiger charge is -2.27. The van der Waals surface area contributed by atoms with Gasteiger partial charge in [0.1, 0.15) is 5.82 Å². The Balaban J connectivity index is 1.16. The second kappa shape index (κ2) is 12.9. The highest BCUT2D eigenvalue weighted by atomic mass is 32.2. The highest BCUT2D eigenvalue weighted by Crippen LogP contribution is 2.40. The second-order valence-electron chi connectivity index (χ2n) is 10.9. The number of nitrogens with zero attached hydrogens (tertiary/aromatic N) is 4. The summed E-state index contributed by atoms with van der Waals surface area (Å²) in [6, 6.07) is 5.22. The zero-order chi connectivity index (χ0) is 31.5. The first-order valence-electron chi connectivity index (χ1n) is 14.1. The Hall–Kier alpha value is -4.65. The lowest BCUT2D eigenvalue weighted by atomic mass is 10.1. The molecule has 0 bridgehead atoms. The molecule has 4 heterocycles. The molecule has 0 aliphatic carbocycles. The Kier molecular flexibility index (Phi) is 9.04. The molecule has 12 nitrogen and oxygen atoms in total. The van der Waals surface area contributed by atoms with Crippen LogP contribution >= 0.6 is 11.8 Å². The summed E-state index contributed by atoms with van der Waals surface area (Å²) in [7, 11) is 5.01. The van der Waals surface area contributed by atoms with Gasteiger partial charge in [-0.3, -0.25) is 14.4 Å². The van der Waals surface area contributed by atoms with Crippen molar-refractivity contribution in [2.24, 2.45) is 14.1 Å². The molecule has 5 rings (SSSR count). The van der Waals surface area contributed by atoms with Crippen molar-refractivity contribution in [2.75, 3.05) is 42.5 Å². The number of methoxy groups -OCH3 is 1. The number of aldehydes is 1. The standard InChI is InChI=1S/C31H37N7O5S/c1-18-10-24-30(44-6)34-23-13-26(25(42-5)12-22(23)31(41)38(24)14-18)43-9-7-8-19(2)32-27-16-37(4)28(35-27)29(40)33-20-11-21(17-39)36(3)15-20/h11-13,15-17,24,30,32,34H,1-2,7-10,14H2,3-6H3,(H,33,40). The number of amides is 2. The predicted molar refractivity (Wildman–Crippen MR) is 172 cm³/mol. The average molecular weight is 620 g/mol. The third kappa shape index (κ3) is 6.32. The molecule has 2 aliphatic heterocycles. The number of hydrogen-bond acceptors (Lipinski definition) is 9. The molecular formula is C31H37N7O5S. The summed E-state index contributed by atoms with van der Waals surface area (Å²) in [5, 5.41) is 9.49. The smallest absolute Gasteiger partial charge is 0.291 e. The monoisotopic (exact) mass is 619 g/mol. The summed E-state index contributed by atoms with van der Waals surface area (Å²) < 4.78 is 14.9. The minimum atomic E-state index is -0.400. The second-order valence-corrected chi connectivity index (χ2v) is 11.9. The number of benzene rings is 1. The molecule has 13 heteroatoms. The highest BCUT2D eigenvalue weighted by Gasteiger charge is 2.40. The van der Waals surface area contributed by atoms with Crippen molar-refractivity contribution in [3.8, 4) is 11.5 Å². The van der Waals surface area contributed by atoms with Crippen LogP contribution in [0.5, 0.6) is 11.5 Å². The number of allylic oxidation sites excluding steroid dienone is 1. The number of nitrogens with one attached hydrogen (secondary N) is 3. The molecule has 2 atom stereocenters. The maximum Gasteiger partial charge on any atom is 0.291 e. The van der Waals surface area contributed by atoms with E-state index in [1.54, 1.807) is 66.6 Å². The Morgan fingerprint density at radius 1 is 1.20 bits per heavy atom. The largest absolute Gasteiger partial charge is 0.493 e. The molecule has 1 fully saturated rings. The SMILES string of the molecule is C=C1CC2C(SC)Nc3cc(OCCCC(=C)Nc4cn(C)c(C(=O)Nc5cc(C=O)n(C)c5)n4)c(OC)cc3C(=O)N2C1. The van der Waals surface area contributed by atoms with Gasteiger partial charge in [0.15, 0.2) is 17.8 Å². The normalized spacial score (nSPS) is 17.3. The minimum absolute atomic E-state index is 0.0296. The van der Waals surface area contributed by atoms with Crippen LogP contribution in [0.1, 0.15) is 50.7 Å². The van der Waals surface area contributed by atoms with Crippen LogP contribution in [0.3, 0.4) is 0 Å². The van der Waals surface area contributed by atoms with Crippen LogP contribution in [0.4, 0.5) is 17.2 Å². The van der Waals surface area contributed by atoms with Crippen molar-refractivity contribution < 1.29 is 23.9 Å². The van der Waals surface area contributed by atoms with E-state index in [2.05, 4.69) is 34.1 Å². The molecule has 1 aromatic carbocycles. The van der Waals surface area contributed by atoms with E-state index in [9.17, 15) is 14.4 Å². The molecular weight excluding hydrogens is 582 g/mol. The summed E-state index contributed by atoms with van der Waals surface area (Å²) >= 11 is 1.67. The van der Waals surface area contributed by atoms with Crippen LogP contribution in [0.25, 0.3) is 0 Å². The Labute approximate surface area is 260 Å². The van der Waals surface area contributed by atoms with E-state index in [1.165, 1.54) is 0 Å². The average Bonchev–Trinajstić information content (AvgIpc) is 3.66. The maximum absolute atomic E-state index is 13.4. The lowest BCUT2D eigenvalue weighted by Crippen LogP contribution is -2.41. The fraction of sp³-hybridized carbons (Fsp3) is 0.355. The van der Waals surface area contributed by atoms with Gasteiger partial charge in [0, 0.05) is 44.8 Å². The van der Waals surface area contributed by atoms with Crippen LogP contribution in [-0.2, 0) is 14.1 Å². The third-order valence-corrected chi connectivity index (χ3v) is 8.61. The minimum Gasteiger partial charge on any atom is -0.493 e. The van der Waals surface area contributed by atoms with Gasteiger partial charge in [-0.1, -0.05) is 18.7 Å². The topological polar surface area (TPSA) is 132 Å². The number of thioether (sulfide) groups is 1. The summed E-state index contributed by atoms with van der Waals surface area (Å²) in [6.45, 7) is 9.15. The molecule has 2 aliphatic rings. The molecule has 3 aromatic rings. The van der Waals surface area contributed by atoms with Gasteiger partial charge in [0.2, 0.25) is 5.82 Å². The van der Waals surface area contributed by atoms with Crippen LogP contribution < -0.4 is 25.4 Å². The van der Waals surface area contributed by atoms with E-state index >= 15 is 0 Å². The Bertz CT molecular complexity index is 1630. The van der Waals surface area contributed by atoms with Crippen LogP contribution in [0.2, 0.25) is 0 Å². The van der Waals surface area contributed by atoms with Gasteiger partial charge in [-0.15, -0.1) is 11.8 Å². The number of aromatic nitrogens is 3. The number of carbonyl (C=O) groups is 3. The van der Waals surface area contributed by atoms with Gasteiger partial charge in [-0.25, -0.2) is 4.98 Å². The van der Waals surface area contributed by atoms with Gasteiger partial charge in [0.05, 0.1) is 47.8 Å². The van der Waals surface area contributed by atoms with E-state index in [-0.39, 0.29) is 23.1 Å². The van der Waals surface area contributed by atoms with Crippen molar-refractivity contribution in [2.45, 2.75) is 30.7 Å². The number of ether oxygens (including phenoxy) is 2. The molecule has 1 saturated heterocycles. The molecule has 3 N–H and O–H groups in total. The summed E-state index contributed by atoms with van der Waals surface area (Å²) in [5.74, 6) is 1.29. The van der Waals surface area contributed by atoms with Crippen molar-refractivity contribution in [1.29, 1.82) is 0 Å². The van der Waals surface area contributed by atoms with Crippen molar-refractivity contribution in [1.82, 2.24) is 19.0 Å². The first-order chi connectivity index (χ1) is 21.1. The predicted octanol–water partition coefficient (Wildman–Crippen LogP) is 4.50. The zero-order valence-corrected chi connectivity index (χ0v) is 26.1. The summed E-state index contributed by atoms with van der Waals surface area (Å²) in [5.41, 5.74) is 4.01. The molecule has 0 saturated carbocycles. The maximum atomic E-state index is 13.4. The molecule has 44 heavy (non-hydrogen) atoms. The number of imidazole rings is 1. The molecule has 232 valence electrons. The summed E-state index contributed by atoms with van der Waals surface area (Å²) in [4.78, 5) is 43.6. The van der Waals surface area contributed by atoms with Crippen molar-refractivity contribution in [3.05, 3.63) is 72.1 Å². The highest BCUT2D eigenvalue weighted by molar-refractivity contribution is 7.99. The van der Waals surface area contributed by atoms with Crippen molar-refractivity contribution in [3.63, 3.8) is 0 Å².